The maximum Gasteiger partial charge on any atom is 0.319 e. The number of hydrogen-bond acceptors (Lipinski definition) is 3. The molecule has 4 heteroatoms. The summed E-state index contributed by atoms with van der Waals surface area (Å²) in [5.41, 5.74) is 4.10. The van der Waals surface area contributed by atoms with Crippen LogP contribution in [0.4, 0.5) is 0 Å². The molecule has 2 aliphatic heterocycles. The molecule has 3 heterocycles. The van der Waals surface area contributed by atoms with Gasteiger partial charge in [-0.15, -0.1) is 0 Å². The number of nitrogens with one attached hydrogen (secondary N) is 1. The number of para-hydroxylation sites is 1. The second-order valence-corrected chi connectivity index (χ2v) is 7.28. The molecule has 0 fully saturated rings. The van der Waals surface area contributed by atoms with Gasteiger partial charge in [-0.25, -0.2) is 0 Å². The van der Waals surface area contributed by atoms with E-state index in [1.165, 1.54) is 23.6 Å². The third kappa shape index (κ3) is 1.89. The summed E-state index contributed by atoms with van der Waals surface area (Å²) < 4.78 is 5.39. The number of carbonyl (C=O) groups excluding carboxylic acids is 1. The molecule has 0 saturated carbocycles. The molecule has 0 bridgehead atoms. The Morgan fingerprint density at radius 3 is 3.12 bits per heavy atom. The van der Waals surface area contributed by atoms with Crippen LogP contribution < -0.4 is 0 Å². The molecule has 1 aromatic carbocycles. The van der Waals surface area contributed by atoms with Crippen molar-refractivity contribution in [1.29, 1.82) is 0 Å². The number of aromatic amines is 1. The van der Waals surface area contributed by atoms with Crippen LogP contribution in [-0.4, -0.2) is 42.1 Å². The Morgan fingerprint density at radius 1 is 1.36 bits per heavy atom. The third-order valence-electron chi connectivity index (χ3n) is 6.18. The first-order valence-corrected chi connectivity index (χ1v) is 9.05. The van der Waals surface area contributed by atoms with Crippen molar-refractivity contribution in [3.63, 3.8) is 0 Å². The summed E-state index contributed by atoms with van der Waals surface area (Å²) >= 11 is 0. The fourth-order valence-corrected chi connectivity index (χ4v) is 5.19. The standard InChI is InChI=1S/C21H22N2O2/c1-25-20(24)21-11-4-6-14-7-5-12-23(19(14)21)13-10-16-15-8-2-3-9-17(15)22-18(16)21/h2-3,5-9,19,22H,4,10-13H2,1H3/t19-,21-/m0/s1. The van der Waals surface area contributed by atoms with Gasteiger partial charge in [-0.05, 0) is 36.5 Å². The van der Waals surface area contributed by atoms with E-state index in [0.717, 1.165) is 43.6 Å². The molecule has 2 aromatic rings. The van der Waals surface area contributed by atoms with Gasteiger partial charge in [0.15, 0.2) is 0 Å². The number of esters is 1. The largest absolute Gasteiger partial charge is 0.468 e. The summed E-state index contributed by atoms with van der Waals surface area (Å²) in [6, 6.07) is 8.45. The van der Waals surface area contributed by atoms with Gasteiger partial charge >= 0.3 is 5.97 Å². The molecule has 1 N–H and O–H groups in total. The van der Waals surface area contributed by atoms with Crippen LogP contribution in [0.2, 0.25) is 0 Å². The highest BCUT2D eigenvalue weighted by Crippen LogP contribution is 2.48. The van der Waals surface area contributed by atoms with E-state index in [1.54, 1.807) is 0 Å². The molecule has 1 aliphatic carbocycles. The Morgan fingerprint density at radius 2 is 2.24 bits per heavy atom. The number of methoxy groups -OCH3 is 1. The summed E-state index contributed by atoms with van der Waals surface area (Å²) in [5, 5.41) is 1.24. The second kappa shape index (κ2) is 5.33. The Hall–Kier alpha value is -2.33. The molecule has 5 rings (SSSR count). The van der Waals surface area contributed by atoms with E-state index in [9.17, 15) is 4.79 Å². The van der Waals surface area contributed by atoms with Gasteiger partial charge in [-0.3, -0.25) is 9.69 Å². The normalized spacial score (nSPS) is 28.0. The van der Waals surface area contributed by atoms with Crippen molar-refractivity contribution in [2.45, 2.75) is 30.7 Å². The molecule has 2 atom stereocenters. The van der Waals surface area contributed by atoms with Crippen LogP contribution in [0.25, 0.3) is 10.9 Å². The number of hydrogen-bond donors (Lipinski definition) is 1. The van der Waals surface area contributed by atoms with Crippen LogP contribution in [0.15, 0.2) is 48.1 Å². The number of nitrogens with zero attached hydrogens (tertiary/aromatic N) is 1. The van der Waals surface area contributed by atoms with E-state index < -0.39 is 5.41 Å². The van der Waals surface area contributed by atoms with Gasteiger partial charge < -0.3 is 9.72 Å². The van der Waals surface area contributed by atoms with Gasteiger partial charge in [0.1, 0.15) is 5.41 Å². The van der Waals surface area contributed by atoms with E-state index >= 15 is 0 Å². The van der Waals surface area contributed by atoms with Crippen molar-refractivity contribution in [2.24, 2.45) is 0 Å². The number of benzene rings is 1. The van der Waals surface area contributed by atoms with E-state index in [2.05, 4.69) is 46.3 Å². The van der Waals surface area contributed by atoms with Gasteiger partial charge in [-0.1, -0.05) is 36.4 Å². The zero-order chi connectivity index (χ0) is 17.0. The van der Waals surface area contributed by atoms with Crippen LogP contribution in [-0.2, 0) is 21.4 Å². The number of H-pyrrole nitrogens is 1. The first kappa shape index (κ1) is 15.0. The molecule has 4 nitrogen and oxygen atoms in total. The molecule has 0 saturated heterocycles. The molecule has 1 aromatic heterocycles. The van der Waals surface area contributed by atoms with Crippen molar-refractivity contribution < 1.29 is 9.53 Å². The minimum atomic E-state index is -0.644. The average molecular weight is 334 g/mol. The first-order valence-electron chi connectivity index (χ1n) is 9.05. The summed E-state index contributed by atoms with van der Waals surface area (Å²) in [7, 11) is 1.52. The predicted molar refractivity (Wildman–Crippen MR) is 97.5 cm³/mol. The van der Waals surface area contributed by atoms with Crippen LogP contribution in [0.5, 0.6) is 0 Å². The van der Waals surface area contributed by atoms with Crippen LogP contribution in [0.1, 0.15) is 24.1 Å². The van der Waals surface area contributed by atoms with Crippen molar-refractivity contribution in [3.8, 4) is 0 Å². The minimum absolute atomic E-state index is 0.0630. The monoisotopic (exact) mass is 334 g/mol. The Kier molecular flexibility index (Phi) is 3.19. The number of fused-ring (bicyclic) bond motifs is 4. The van der Waals surface area contributed by atoms with Gasteiger partial charge in [0.05, 0.1) is 13.2 Å². The highest BCUT2D eigenvalue weighted by molar-refractivity contribution is 5.92. The van der Waals surface area contributed by atoms with Gasteiger partial charge in [0.2, 0.25) is 0 Å². The lowest BCUT2D eigenvalue weighted by Crippen LogP contribution is -2.58. The van der Waals surface area contributed by atoms with E-state index in [0.29, 0.717) is 0 Å². The topological polar surface area (TPSA) is 45.3 Å². The number of carbonyl (C=O) groups is 1. The highest BCUT2D eigenvalue weighted by atomic mass is 16.5. The number of aromatic nitrogens is 1. The molecule has 0 unspecified atom stereocenters. The summed E-state index contributed by atoms with van der Waals surface area (Å²) in [6.45, 7) is 1.85. The van der Waals surface area contributed by atoms with Crippen molar-refractivity contribution in [1.82, 2.24) is 9.88 Å². The van der Waals surface area contributed by atoms with Gasteiger partial charge in [-0.2, -0.15) is 0 Å². The summed E-state index contributed by atoms with van der Waals surface area (Å²) in [4.78, 5) is 19.3. The number of ether oxygens (including phenoxy) is 1. The summed E-state index contributed by atoms with van der Waals surface area (Å²) in [6.07, 6.45) is 9.35. The average Bonchev–Trinajstić information content (AvgIpc) is 2.97. The lowest BCUT2D eigenvalue weighted by molar-refractivity contribution is -0.150. The maximum atomic E-state index is 13.2. The second-order valence-electron chi connectivity index (χ2n) is 7.28. The zero-order valence-electron chi connectivity index (χ0n) is 14.4. The molecular formula is C21H22N2O2. The van der Waals surface area contributed by atoms with E-state index in [4.69, 9.17) is 4.74 Å². The SMILES string of the molecule is COC(=O)[C@@]12CCC=C3C=CCN(CCc4c1[nH]c1ccccc41)[C@@H]32. The quantitative estimate of drug-likeness (QED) is 0.815. The maximum absolute atomic E-state index is 13.2. The fourth-order valence-electron chi connectivity index (χ4n) is 5.19. The molecule has 128 valence electrons. The Bertz CT molecular complexity index is 923. The van der Waals surface area contributed by atoms with E-state index in [-0.39, 0.29) is 12.0 Å². The Labute approximate surface area is 147 Å². The highest BCUT2D eigenvalue weighted by Gasteiger charge is 2.56. The number of rotatable bonds is 1. The Balaban J connectivity index is 1.84. The lowest BCUT2D eigenvalue weighted by atomic mass is 9.66. The van der Waals surface area contributed by atoms with Crippen LogP contribution in [0.3, 0.4) is 0 Å². The predicted octanol–water partition coefficient (Wildman–Crippen LogP) is 3.10. The zero-order valence-corrected chi connectivity index (χ0v) is 14.4. The first-order chi connectivity index (χ1) is 12.3. The fraction of sp³-hybridized carbons (Fsp3) is 0.381. The molecule has 0 amide bonds. The van der Waals surface area contributed by atoms with Crippen molar-refractivity contribution >= 4 is 16.9 Å². The minimum Gasteiger partial charge on any atom is -0.468 e. The van der Waals surface area contributed by atoms with Crippen LogP contribution >= 0.6 is 0 Å². The number of allylic oxidation sites excluding steroid dienone is 1. The smallest absolute Gasteiger partial charge is 0.319 e. The van der Waals surface area contributed by atoms with Crippen LogP contribution in [0, 0.1) is 0 Å². The summed E-state index contributed by atoms with van der Waals surface area (Å²) in [5.74, 6) is -0.113. The van der Waals surface area contributed by atoms with Crippen molar-refractivity contribution in [2.75, 3.05) is 20.2 Å². The van der Waals surface area contributed by atoms with Gasteiger partial charge in [0, 0.05) is 29.7 Å². The van der Waals surface area contributed by atoms with Crippen molar-refractivity contribution in [3.05, 3.63) is 59.3 Å². The molecule has 0 radical (unpaired) electrons. The molecule has 25 heavy (non-hydrogen) atoms. The molecule has 0 spiro atoms. The van der Waals surface area contributed by atoms with Gasteiger partial charge in [0.25, 0.3) is 0 Å². The van der Waals surface area contributed by atoms with E-state index in [1.807, 2.05) is 6.07 Å². The third-order valence-corrected chi connectivity index (χ3v) is 6.18. The molecular weight excluding hydrogens is 312 g/mol. The molecule has 3 aliphatic rings. The lowest BCUT2D eigenvalue weighted by Gasteiger charge is -2.46.